The molecular formula is C27H34N5O3+. The van der Waals surface area contributed by atoms with Crippen LogP contribution < -0.4 is 15.1 Å². The molecular weight excluding hydrogens is 442 g/mol. The number of rotatable bonds is 8. The number of nitrogens with zero attached hydrogens (tertiary/aromatic N) is 4. The van der Waals surface area contributed by atoms with Gasteiger partial charge in [-0.05, 0) is 37.5 Å². The minimum atomic E-state index is -0.266. The maximum absolute atomic E-state index is 13.0. The molecule has 0 aliphatic carbocycles. The van der Waals surface area contributed by atoms with Crippen molar-refractivity contribution in [2.24, 2.45) is 0 Å². The van der Waals surface area contributed by atoms with E-state index in [9.17, 15) is 9.59 Å². The molecule has 0 bridgehead atoms. The Kier molecular flexibility index (Phi) is 7.88. The third kappa shape index (κ3) is 5.25. The number of piperidine rings is 1. The van der Waals surface area contributed by atoms with E-state index in [2.05, 4.69) is 17.9 Å². The van der Waals surface area contributed by atoms with Crippen molar-refractivity contribution in [2.45, 2.75) is 45.3 Å². The molecule has 2 aromatic carbocycles. The zero-order valence-electron chi connectivity index (χ0n) is 20.6. The quantitative estimate of drug-likeness (QED) is 0.466. The summed E-state index contributed by atoms with van der Waals surface area (Å²) in [6, 6.07) is 16.0. The van der Waals surface area contributed by atoms with Gasteiger partial charge in [0.15, 0.2) is 5.69 Å². The number of cyclic esters (lactones) is 1. The van der Waals surface area contributed by atoms with Crippen molar-refractivity contribution in [1.82, 2.24) is 4.90 Å². The van der Waals surface area contributed by atoms with E-state index >= 15 is 0 Å². The van der Waals surface area contributed by atoms with Crippen molar-refractivity contribution < 1.29 is 19.6 Å². The summed E-state index contributed by atoms with van der Waals surface area (Å²) in [5, 5.41) is 11.2. The minimum absolute atomic E-state index is 0.0909. The summed E-state index contributed by atoms with van der Waals surface area (Å²) < 4.78 is 5.43. The largest absolute Gasteiger partial charge is 0.444 e. The molecule has 2 aliphatic heterocycles. The number of fused-ring (bicyclic) bond motifs is 1. The number of nitrogens with two attached hydrogens (primary N) is 1. The van der Waals surface area contributed by atoms with Gasteiger partial charge in [-0.25, -0.2) is 4.79 Å². The van der Waals surface area contributed by atoms with E-state index in [1.54, 1.807) is 4.90 Å². The van der Waals surface area contributed by atoms with Gasteiger partial charge in [-0.2, -0.15) is 5.26 Å². The standard InChI is InChI=1S/C27H33N5O3/c1-3-4-14-31(17-13-28)26(33)20-9-10-25(23(18-20)29-2)30-15-11-22(12-16-30)32-24-8-6-5-7-21(24)19-35-27(32)34/h5-10,18,22,29H,3-4,11-12,14-17,19H2,1-2H3/p+1. The number of quaternary nitrogens is 1. The first-order chi connectivity index (χ1) is 17.1. The second-order valence-corrected chi connectivity index (χ2v) is 9.07. The molecule has 2 heterocycles. The molecule has 2 aromatic rings. The van der Waals surface area contributed by atoms with Gasteiger partial charge in [0.05, 0.1) is 24.5 Å². The van der Waals surface area contributed by atoms with Crippen molar-refractivity contribution in [3.05, 3.63) is 53.6 Å². The van der Waals surface area contributed by atoms with E-state index < -0.39 is 0 Å². The van der Waals surface area contributed by atoms with Crippen LogP contribution in [0.1, 0.15) is 48.5 Å². The molecule has 35 heavy (non-hydrogen) atoms. The number of hydrogen-bond acceptors (Lipinski definition) is 5. The number of ether oxygens (including phenoxy) is 1. The second kappa shape index (κ2) is 11.2. The van der Waals surface area contributed by atoms with Gasteiger partial charge >= 0.3 is 6.09 Å². The minimum Gasteiger partial charge on any atom is -0.444 e. The van der Waals surface area contributed by atoms with Gasteiger partial charge in [0, 0.05) is 42.9 Å². The Morgan fingerprint density at radius 3 is 2.69 bits per heavy atom. The molecule has 1 fully saturated rings. The first-order valence-electron chi connectivity index (χ1n) is 12.5. The SMILES string of the molecule is CCCCN(CC#N)C(=O)c1ccc(N2CCC(N3C(=O)OCc4ccccc43)CC2)c([NH2+]C)c1. The molecule has 0 spiro atoms. The van der Waals surface area contributed by atoms with Gasteiger partial charge in [0.2, 0.25) is 0 Å². The van der Waals surface area contributed by atoms with Crippen LogP contribution in [0.2, 0.25) is 0 Å². The van der Waals surface area contributed by atoms with Crippen LogP contribution in [0.25, 0.3) is 0 Å². The molecule has 0 atom stereocenters. The van der Waals surface area contributed by atoms with Crippen molar-refractivity contribution in [2.75, 3.05) is 43.0 Å². The van der Waals surface area contributed by atoms with Crippen LogP contribution in [0, 0.1) is 11.3 Å². The summed E-state index contributed by atoms with van der Waals surface area (Å²) in [5.41, 5.74) is 4.70. The van der Waals surface area contributed by atoms with Crippen LogP contribution in [-0.4, -0.2) is 56.2 Å². The Balaban J connectivity index is 1.47. The number of carbonyl (C=O) groups excluding carboxylic acids is 2. The highest BCUT2D eigenvalue weighted by molar-refractivity contribution is 5.96. The zero-order chi connectivity index (χ0) is 24.8. The highest BCUT2D eigenvalue weighted by Gasteiger charge is 2.34. The number of benzene rings is 2. The smallest absolute Gasteiger partial charge is 0.414 e. The van der Waals surface area contributed by atoms with E-state index in [4.69, 9.17) is 10.00 Å². The van der Waals surface area contributed by atoms with Gasteiger partial charge in [-0.1, -0.05) is 31.5 Å². The summed E-state index contributed by atoms with van der Waals surface area (Å²) in [6.45, 7) is 4.70. The maximum atomic E-state index is 13.0. The van der Waals surface area contributed by atoms with Crippen LogP contribution in [0.3, 0.4) is 0 Å². The Labute approximate surface area is 207 Å². The van der Waals surface area contributed by atoms with E-state index in [1.807, 2.05) is 59.7 Å². The van der Waals surface area contributed by atoms with Gasteiger partial charge in [0.1, 0.15) is 13.2 Å². The number of hydrogen-bond donors (Lipinski definition) is 1. The molecule has 8 heteroatoms. The lowest BCUT2D eigenvalue weighted by molar-refractivity contribution is -0.538. The summed E-state index contributed by atoms with van der Waals surface area (Å²) in [4.78, 5) is 31.4. The molecule has 4 rings (SSSR count). The molecule has 2 N–H and O–H groups in total. The van der Waals surface area contributed by atoms with E-state index in [0.717, 1.165) is 61.4 Å². The highest BCUT2D eigenvalue weighted by Crippen LogP contribution is 2.34. The van der Waals surface area contributed by atoms with E-state index in [-0.39, 0.29) is 24.6 Å². The lowest BCUT2D eigenvalue weighted by Gasteiger charge is -2.41. The topological polar surface area (TPSA) is 93.5 Å². The van der Waals surface area contributed by atoms with Gasteiger partial charge in [-0.3, -0.25) is 9.69 Å². The number of anilines is 2. The van der Waals surface area contributed by atoms with Gasteiger partial charge in [-0.15, -0.1) is 0 Å². The van der Waals surface area contributed by atoms with Crippen LogP contribution in [0.5, 0.6) is 0 Å². The fraction of sp³-hybridized carbons (Fsp3) is 0.444. The van der Waals surface area contributed by atoms with Crippen molar-refractivity contribution in [3.8, 4) is 6.07 Å². The summed E-state index contributed by atoms with van der Waals surface area (Å²) >= 11 is 0. The maximum Gasteiger partial charge on any atom is 0.414 e. The predicted molar refractivity (Wildman–Crippen MR) is 135 cm³/mol. The average Bonchev–Trinajstić information content (AvgIpc) is 2.90. The van der Waals surface area contributed by atoms with Crippen LogP contribution in [0.15, 0.2) is 42.5 Å². The van der Waals surface area contributed by atoms with E-state index in [0.29, 0.717) is 18.7 Å². The Hall–Kier alpha value is -3.57. The van der Waals surface area contributed by atoms with Crippen LogP contribution in [-0.2, 0) is 11.3 Å². The van der Waals surface area contributed by atoms with Crippen LogP contribution >= 0.6 is 0 Å². The average molecular weight is 477 g/mol. The summed E-state index contributed by atoms with van der Waals surface area (Å²) in [7, 11) is 1.98. The number of para-hydroxylation sites is 1. The zero-order valence-corrected chi connectivity index (χ0v) is 20.6. The first-order valence-corrected chi connectivity index (χ1v) is 12.5. The second-order valence-electron chi connectivity index (χ2n) is 9.07. The lowest BCUT2D eigenvalue weighted by Crippen LogP contribution is -2.73. The van der Waals surface area contributed by atoms with Gasteiger partial charge < -0.3 is 19.9 Å². The van der Waals surface area contributed by atoms with Crippen molar-refractivity contribution in [1.29, 1.82) is 5.26 Å². The molecule has 0 saturated carbocycles. The monoisotopic (exact) mass is 476 g/mol. The molecule has 8 nitrogen and oxygen atoms in total. The molecule has 1 saturated heterocycles. The summed E-state index contributed by atoms with van der Waals surface area (Å²) in [6.07, 6.45) is 3.25. The molecule has 0 radical (unpaired) electrons. The Morgan fingerprint density at radius 2 is 1.97 bits per heavy atom. The lowest BCUT2D eigenvalue weighted by atomic mass is 9.99. The number of unbranched alkanes of at least 4 members (excludes halogenated alkanes) is 1. The fourth-order valence-corrected chi connectivity index (χ4v) is 4.96. The predicted octanol–water partition coefficient (Wildman–Crippen LogP) is 3.40. The molecule has 0 unspecified atom stereocenters. The van der Waals surface area contributed by atoms with Gasteiger partial charge in [0.25, 0.3) is 5.91 Å². The molecule has 2 amide bonds. The third-order valence-corrected chi connectivity index (χ3v) is 6.89. The number of nitriles is 1. The normalized spacial score (nSPS) is 15.9. The molecule has 0 aromatic heterocycles. The van der Waals surface area contributed by atoms with E-state index in [1.165, 1.54) is 0 Å². The van der Waals surface area contributed by atoms with Crippen molar-refractivity contribution >= 4 is 29.1 Å². The fourth-order valence-electron chi connectivity index (χ4n) is 4.96. The molecule has 2 aliphatic rings. The van der Waals surface area contributed by atoms with Crippen molar-refractivity contribution in [3.63, 3.8) is 0 Å². The van der Waals surface area contributed by atoms with Crippen LogP contribution in [0.4, 0.5) is 21.9 Å². The Bertz CT molecular complexity index is 1100. The number of carbonyl (C=O) groups is 2. The first kappa shape index (κ1) is 24.6. The highest BCUT2D eigenvalue weighted by atomic mass is 16.6. The number of amides is 2. The third-order valence-electron chi connectivity index (χ3n) is 6.89. The molecule has 184 valence electrons. The summed E-state index contributed by atoms with van der Waals surface area (Å²) in [5.74, 6) is -0.101. The Morgan fingerprint density at radius 1 is 1.20 bits per heavy atom.